The minimum atomic E-state index is -0.318. The van der Waals surface area contributed by atoms with E-state index in [1.165, 1.54) is 7.11 Å². The Morgan fingerprint density at radius 3 is 2.67 bits per heavy atom. The maximum Gasteiger partial charge on any atom is 0.255 e. The highest BCUT2D eigenvalue weighted by atomic mass is 16.5. The lowest BCUT2D eigenvalue weighted by Gasteiger charge is -2.11. The van der Waals surface area contributed by atoms with E-state index in [0.29, 0.717) is 23.5 Å². The molecule has 2 amide bonds. The fourth-order valence-corrected chi connectivity index (χ4v) is 1.43. The first-order valence-electron chi connectivity index (χ1n) is 5.58. The first-order chi connectivity index (χ1) is 8.62. The Hall–Kier alpha value is -2.08. The molecule has 98 valence electrons. The van der Waals surface area contributed by atoms with Crippen LogP contribution in [0.1, 0.15) is 17.3 Å². The largest absolute Gasteiger partial charge is 0.496 e. The standard InChI is InChI=1S/C12H17N3O3/c1-3-14-12(17)9-6-8(15-11(16)7-13)4-5-10(9)18-2/h4-6H,3,7,13H2,1-2H3,(H,14,17)(H,15,16). The second kappa shape index (κ2) is 6.61. The van der Waals surface area contributed by atoms with Crippen molar-refractivity contribution in [3.63, 3.8) is 0 Å². The van der Waals surface area contributed by atoms with Gasteiger partial charge in [0, 0.05) is 12.2 Å². The molecule has 0 aromatic heterocycles. The summed E-state index contributed by atoms with van der Waals surface area (Å²) in [6.07, 6.45) is 0. The zero-order chi connectivity index (χ0) is 13.5. The summed E-state index contributed by atoms with van der Waals surface area (Å²) in [6, 6.07) is 4.82. The minimum Gasteiger partial charge on any atom is -0.496 e. The number of amides is 2. The van der Waals surface area contributed by atoms with Crippen LogP contribution >= 0.6 is 0 Å². The Morgan fingerprint density at radius 1 is 1.39 bits per heavy atom. The number of carbonyl (C=O) groups excluding carboxylic acids is 2. The van der Waals surface area contributed by atoms with Gasteiger partial charge < -0.3 is 21.1 Å². The summed E-state index contributed by atoms with van der Waals surface area (Å²) < 4.78 is 5.10. The van der Waals surface area contributed by atoms with Crippen molar-refractivity contribution in [2.75, 3.05) is 25.5 Å². The average Bonchev–Trinajstić information content (AvgIpc) is 2.38. The molecule has 0 unspecified atom stereocenters. The quantitative estimate of drug-likeness (QED) is 0.703. The smallest absolute Gasteiger partial charge is 0.255 e. The van der Waals surface area contributed by atoms with Crippen LogP contribution in [-0.2, 0) is 4.79 Å². The van der Waals surface area contributed by atoms with Crippen molar-refractivity contribution in [2.24, 2.45) is 5.73 Å². The van der Waals surface area contributed by atoms with E-state index in [2.05, 4.69) is 10.6 Å². The summed E-state index contributed by atoms with van der Waals surface area (Å²) in [5.74, 6) is -0.119. The summed E-state index contributed by atoms with van der Waals surface area (Å²) >= 11 is 0. The van der Waals surface area contributed by atoms with Crippen LogP contribution in [0.2, 0.25) is 0 Å². The molecule has 0 atom stereocenters. The van der Waals surface area contributed by atoms with E-state index in [1.54, 1.807) is 18.2 Å². The highest BCUT2D eigenvalue weighted by Gasteiger charge is 2.12. The van der Waals surface area contributed by atoms with Gasteiger partial charge in [0.05, 0.1) is 19.2 Å². The summed E-state index contributed by atoms with van der Waals surface area (Å²) in [5.41, 5.74) is 6.08. The fourth-order valence-electron chi connectivity index (χ4n) is 1.43. The number of benzene rings is 1. The summed E-state index contributed by atoms with van der Waals surface area (Å²) in [6.45, 7) is 2.23. The summed E-state index contributed by atoms with van der Waals surface area (Å²) in [5, 5.41) is 5.26. The maximum absolute atomic E-state index is 11.8. The van der Waals surface area contributed by atoms with Crippen LogP contribution in [0.3, 0.4) is 0 Å². The van der Waals surface area contributed by atoms with Gasteiger partial charge in [0.25, 0.3) is 5.91 Å². The number of rotatable bonds is 5. The average molecular weight is 251 g/mol. The van der Waals surface area contributed by atoms with E-state index in [4.69, 9.17) is 10.5 Å². The number of ether oxygens (including phenoxy) is 1. The van der Waals surface area contributed by atoms with Crippen LogP contribution in [0.5, 0.6) is 5.75 Å². The summed E-state index contributed by atoms with van der Waals surface area (Å²) in [7, 11) is 1.48. The van der Waals surface area contributed by atoms with Gasteiger partial charge in [-0.2, -0.15) is 0 Å². The Morgan fingerprint density at radius 2 is 2.11 bits per heavy atom. The zero-order valence-corrected chi connectivity index (χ0v) is 10.4. The third-order valence-electron chi connectivity index (χ3n) is 2.25. The molecule has 0 spiro atoms. The van der Waals surface area contributed by atoms with Crippen molar-refractivity contribution >= 4 is 17.5 Å². The van der Waals surface area contributed by atoms with Crippen LogP contribution in [-0.4, -0.2) is 32.0 Å². The Balaban J connectivity index is 3.01. The van der Waals surface area contributed by atoms with Crippen molar-refractivity contribution in [3.8, 4) is 5.75 Å². The summed E-state index contributed by atoms with van der Waals surface area (Å²) in [4.78, 5) is 23.0. The number of methoxy groups -OCH3 is 1. The molecule has 0 aliphatic rings. The number of nitrogens with two attached hydrogens (primary N) is 1. The van der Waals surface area contributed by atoms with E-state index >= 15 is 0 Å². The van der Waals surface area contributed by atoms with Crippen molar-refractivity contribution < 1.29 is 14.3 Å². The molecule has 0 radical (unpaired) electrons. The molecular weight excluding hydrogens is 234 g/mol. The monoisotopic (exact) mass is 251 g/mol. The lowest BCUT2D eigenvalue weighted by atomic mass is 10.1. The number of anilines is 1. The fraction of sp³-hybridized carbons (Fsp3) is 0.333. The highest BCUT2D eigenvalue weighted by molar-refractivity contribution is 5.99. The number of hydrogen-bond acceptors (Lipinski definition) is 4. The second-order valence-electron chi connectivity index (χ2n) is 3.53. The molecule has 1 rings (SSSR count). The Labute approximate surface area is 105 Å². The Bertz CT molecular complexity index is 446. The number of nitrogens with one attached hydrogen (secondary N) is 2. The SMILES string of the molecule is CCNC(=O)c1cc(NC(=O)CN)ccc1OC. The zero-order valence-electron chi connectivity index (χ0n) is 10.4. The second-order valence-corrected chi connectivity index (χ2v) is 3.53. The van der Waals surface area contributed by atoms with E-state index < -0.39 is 0 Å². The topological polar surface area (TPSA) is 93.5 Å². The normalized spacial score (nSPS) is 9.72. The molecule has 1 aromatic carbocycles. The third-order valence-corrected chi connectivity index (χ3v) is 2.25. The van der Waals surface area contributed by atoms with E-state index in [0.717, 1.165) is 0 Å². The first-order valence-corrected chi connectivity index (χ1v) is 5.58. The van der Waals surface area contributed by atoms with E-state index in [9.17, 15) is 9.59 Å². The van der Waals surface area contributed by atoms with Gasteiger partial charge in [-0.3, -0.25) is 9.59 Å². The van der Waals surface area contributed by atoms with Crippen molar-refractivity contribution in [3.05, 3.63) is 23.8 Å². The molecule has 0 saturated heterocycles. The molecule has 0 bridgehead atoms. The molecule has 0 saturated carbocycles. The minimum absolute atomic E-state index is 0.109. The molecule has 4 N–H and O–H groups in total. The first kappa shape index (κ1) is 14.0. The lowest BCUT2D eigenvalue weighted by molar-refractivity contribution is -0.114. The van der Waals surface area contributed by atoms with Crippen LogP contribution in [0.25, 0.3) is 0 Å². The van der Waals surface area contributed by atoms with Gasteiger partial charge in [-0.25, -0.2) is 0 Å². The molecule has 6 nitrogen and oxygen atoms in total. The van der Waals surface area contributed by atoms with E-state index in [1.807, 2.05) is 6.92 Å². The molecule has 0 fully saturated rings. The predicted octanol–water partition coefficient (Wildman–Crippen LogP) is 0.342. The third kappa shape index (κ3) is 3.46. The molecule has 0 aliphatic heterocycles. The van der Waals surface area contributed by atoms with Crippen LogP contribution in [0.15, 0.2) is 18.2 Å². The van der Waals surface area contributed by atoms with Crippen LogP contribution in [0, 0.1) is 0 Å². The molecule has 1 aromatic rings. The molecule has 6 heteroatoms. The van der Waals surface area contributed by atoms with Crippen molar-refractivity contribution in [1.82, 2.24) is 5.32 Å². The molecule has 0 aliphatic carbocycles. The molecule has 0 heterocycles. The van der Waals surface area contributed by atoms with Crippen LogP contribution in [0.4, 0.5) is 5.69 Å². The number of hydrogen-bond donors (Lipinski definition) is 3. The van der Waals surface area contributed by atoms with Gasteiger partial charge in [0.2, 0.25) is 5.91 Å². The van der Waals surface area contributed by atoms with Crippen molar-refractivity contribution in [1.29, 1.82) is 0 Å². The van der Waals surface area contributed by atoms with Gasteiger partial charge in [-0.05, 0) is 25.1 Å². The van der Waals surface area contributed by atoms with Gasteiger partial charge in [0.15, 0.2) is 0 Å². The van der Waals surface area contributed by atoms with Gasteiger partial charge in [0.1, 0.15) is 5.75 Å². The van der Waals surface area contributed by atoms with Gasteiger partial charge >= 0.3 is 0 Å². The van der Waals surface area contributed by atoms with Crippen LogP contribution < -0.4 is 21.1 Å². The lowest BCUT2D eigenvalue weighted by Crippen LogP contribution is -2.24. The number of carbonyl (C=O) groups is 2. The molecule has 18 heavy (non-hydrogen) atoms. The Kier molecular flexibility index (Phi) is 5.13. The van der Waals surface area contributed by atoms with E-state index in [-0.39, 0.29) is 18.4 Å². The van der Waals surface area contributed by atoms with Gasteiger partial charge in [-0.15, -0.1) is 0 Å². The molecular formula is C12H17N3O3. The van der Waals surface area contributed by atoms with Crippen molar-refractivity contribution in [2.45, 2.75) is 6.92 Å². The highest BCUT2D eigenvalue weighted by Crippen LogP contribution is 2.22. The maximum atomic E-state index is 11.8. The predicted molar refractivity (Wildman–Crippen MR) is 68.7 cm³/mol. The van der Waals surface area contributed by atoms with Gasteiger partial charge in [-0.1, -0.05) is 0 Å².